The van der Waals surface area contributed by atoms with Crippen LogP contribution in [-0.4, -0.2) is 16.5 Å². The molecule has 3 nitrogen and oxygen atoms in total. The second-order valence-corrected chi connectivity index (χ2v) is 5.40. The zero-order valence-corrected chi connectivity index (χ0v) is 9.94. The Balaban J connectivity index is 2.37. The Labute approximate surface area is 99.7 Å². The summed E-state index contributed by atoms with van der Waals surface area (Å²) in [7, 11) is 0. The Morgan fingerprint density at radius 3 is 2.88 bits per heavy atom. The first-order valence-electron chi connectivity index (χ1n) is 4.42. The molecule has 1 aromatic carbocycles. The smallest absolute Gasteiger partial charge is 0.179 e. The molecule has 0 bridgehead atoms. The van der Waals surface area contributed by atoms with Gasteiger partial charge in [-0.1, -0.05) is 35.2 Å². The predicted octanol–water partition coefficient (Wildman–Crippen LogP) is 2.95. The topological polar surface area (TPSA) is 42.9 Å². The SMILES string of the molecule is Cc1nnc(Sc2c(F)cccc2C=O)s1. The molecule has 2 rings (SSSR count). The van der Waals surface area contributed by atoms with Crippen LogP contribution >= 0.6 is 23.1 Å². The number of rotatable bonds is 3. The molecule has 0 unspecified atom stereocenters. The van der Waals surface area contributed by atoms with Crippen LogP contribution in [0.3, 0.4) is 0 Å². The van der Waals surface area contributed by atoms with E-state index in [1.807, 2.05) is 6.92 Å². The quantitative estimate of drug-likeness (QED) is 0.790. The molecule has 0 saturated carbocycles. The summed E-state index contributed by atoms with van der Waals surface area (Å²) in [5.74, 6) is -0.414. The summed E-state index contributed by atoms with van der Waals surface area (Å²) in [6.07, 6.45) is 0.638. The lowest BCUT2D eigenvalue weighted by atomic mass is 10.2. The molecule has 0 saturated heterocycles. The van der Waals surface area contributed by atoms with Crippen molar-refractivity contribution in [3.05, 3.63) is 34.6 Å². The van der Waals surface area contributed by atoms with Crippen molar-refractivity contribution in [3.8, 4) is 0 Å². The number of aldehydes is 1. The van der Waals surface area contributed by atoms with Crippen LogP contribution < -0.4 is 0 Å². The van der Waals surface area contributed by atoms with Gasteiger partial charge in [0.2, 0.25) is 0 Å². The van der Waals surface area contributed by atoms with Crippen LogP contribution in [0.5, 0.6) is 0 Å². The van der Waals surface area contributed by atoms with E-state index in [4.69, 9.17) is 0 Å². The molecule has 0 aliphatic carbocycles. The molecule has 6 heteroatoms. The molecule has 0 radical (unpaired) electrons. The Morgan fingerprint density at radius 2 is 2.25 bits per heavy atom. The molecule has 0 aliphatic rings. The lowest BCUT2D eigenvalue weighted by Crippen LogP contribution is -1.89. The van der Waals surface area contributed by atoms with Gasteiger partial charge in [0, 0.05) is 5.56 Å². The molecule has 0 atom stereocenters. The second kappa shape index (κ2) is 4.71. The van der Waals surface area contributed by atoms with Gasteiger partial charge >= 0.3 is 0 Å². The lowest BCUT2D eigenvalue weighted by Gasteiger charge is -2.02. The van der Waals surface area contributed by atoms with Crippen LogP contribution in [-0.2, 0) is 0 Å². The van der Waals surface area contributed by atoms with E-state index in [2.05, 4.69) is 10.2 Å². The first-order valence-corrected chi connectivity index (χ1v) is 6.05. The molecule has 0 aliphatic heterocycles. The minimum absolute atomic E-state index is 0.300. The normalized spacial score (nSPS) is 10.4. The highest BCUT2D eigenvalue weighted by Gasteiger charge is 2.12. The third kappa shape index (κ3) is 2.28. The zero-order chi connectivity index (χ0) is 11.5. The molecule has 0 fully saturated rings. The van der Waals surface area contributed by atoms with Crippen LogP contribution in [0.1, 0.15) is 15.4 Å². The minimum atomic E-state index is -0.414. The summed E-state index contributed by atoms with van der Waals surface area (Å²) in [4.78, 5) is 11.1. The molecular weight excluding hydrogens is 247 g/mol. The van der Waals surface area contributed by atoms with Crippen LogP contribution in [0.2, 0.25) is 0 Å². The number of halogens is 1. The Bertz CT molecular complexity index is 527. The molecule has 0 N–H and O–H groups in total. The van der Waals surface area contributed by atoms with Gasteiger partial charge in [0.1, 0.15) is 10.8 Å². The number of aryl methyl sites for hydroxylation is 1. The fraction of sp³-hybridized carbons (Fsp3) is 0.100. The third-order valence-corrected chi connectivity index (χ3v) is 3.85. The average molecular weight is 254 g/mol. The van der Waals surface area contributed by atoms with Crippen LogP contribution in [0.15, 0.2) is 27.4 Å². The highest BCUT2D eigenvalue weighted by molar-refractivity contribution is 8.01. The van der Waals surface area contributed by atoms with Gasteiger partial charge in [-0.25, -0.2) is 4.39 Å². The van der Waals surface area contributed by atoms with E-state index in [-0.39, 0.29) is 0 Å². The van der Waals surface area contributed by atoms with Crippen molar-refractivity contribution in [1.82, 2.24) is 10.2 Å². The van der Waals surface area contributed by atoms with Crippen molar-refractivity contribution in [3.63, 3.8) is 0 Å². The summed E-state index contributed by atoms with van der Waals surface area (Å²) >= 11 is 2.49. The van der Waals surface area contributed by atoms with Crippen molar-refractivity contribution in [1.29, 1.82) is 0 Å². The summed E-state index contributed by atoms with van der Waals surface area (Å²) < 4.78 is 14.1. The monoisotopic (exact) mass is 254 g/mol. The number of hydrogen-bond donors (Lipinski definition) is 0. The maximum absolute atomic E-state index is 13.5. The van der Waals surface area contributed by atoms with Crippen molar-refractivity contribution in [2.75, 3.05) is 0 Å². The first-order chi connectivity index (χ1) is 7.70. The Morgan fingerprint density at radius 1 is 1.44 bits per heavy atom. The van der Waals surface area contributed by atoms with Crippen LogP contribution in [0, 0.1) is 12.7 Å². The first kappa shape index (κ1) is 11.2. The van der Waals surface area contributed by atoms with Gasteiger partial charge in [0.15, 0.2) is 10.6 Å². The number of aromatic nitrogens is 2. The van der Waals surface area contributed by atoms with Gasteiger partial charge < -0.3 is 0 Å². The van der Waals surface area contributed by atoms with Gasteiger partial charge in [-0.05, 0) is 13.0 Å². The fourth-order valence-corrected chi connectivity index (χ4v) is 2.98. The predicted molar refractivity (Wildman–Crippen MR) is 60.6 cm³/mol. The number of carbonyl (C=O) groups is 1. The Hall–Kier alpha value is -1.27. The summed E-state index contributed by atoms with van der Waals surface area (Å²) in [5, 5.41) is 8.52. The van der Waals surface area contributed by atoms with E-state index in [0.717, 1.165) is 16.8 Å². The van der Waals surface area contributed by atoms with E-state index in [0.29, 0.717) is 21.1 Å². The second-order valence-electron chi connectivity index (χ2n) is 2.97. The van der Waals surface area contributed by atoms with E-state index >= 15 is 0 Å². The van der Waals surface area contributed by atoms with Gasteiger partial charge in [0.25, 0.3) is 0 Å². The van der Waals surface area contributed by atoms with E-state index < -0.39 is 5.82 Å². The van der Waals surface area contributed by atoms with Gasteiger partial charge in [-0.2, -0.15) is 0 Å². The number of carbonyl (C=O) groups excluding carboxylic acids is 1. The van der Waals surface area contributed by atoms with Gasteiger partial charge in [-0.3, -0.25) is 4.79 Å². The summed E-state index contributed by atoms with van der Waals surface area (Å²) in [6.45, 7) is 1.82. The maximum Gasteiger partial charge on any atom is 0.179 e. The van der Waals surface area contributed by atoms with Crippen molar-refractivity contribution < 1.29 is 9.18 Å². The van der Waals surface area contributed by atoms with Crippen molar-refractivity contribution in [2.24, 2.45) is 0 Å². The summed E-state index contributed by atoms with van der Waals surface area (Å²) in [6, 6.07) is 4.41. The highest BCUT2D eigenvalue weighted by Crippen LogP contribution is 2.33. The molecular formula is C10H7FN2OS2. The number of benzene rings is 1. The van der Waals surface area contributed by atoms with Crippen LogP contribution in [0.25, 0.3) is 0 Å². The van der Waals surface area contributed by atoms with E-state index in [9.17, 15) is 9.18 Å². The molecule has 16 heavy (non-hydrogen) atoms. The van der Waals surface area contributed by atoms with E-state index in [1.54, 1.807) is 6.07 Å². The van der Waals surface area contributed by atoms with E-state index in [1.165, 1.54) is 23.5 Å². The minimum Gasteiger partial charge on any atom is -0.298 e. The number of nitrogens with zero attached hydrogens (tertiary/aromatic N) is 2. The van der Waals surface area contributed by atoms with Crippen molar-refractivity contribution >= 4 is 29.4 Å². The Kier molecular flexibility index (Phi) is 3.31. The third-order valence-electron chi connectivity index (χ3n) is 1.82. The largest absolute Gasteiger partial charge is 0.298 e. The molecule has 0 amide bonds. The lowest BCUT2D eigenvalue weighted by molar-refractivity contribution is 0.112. The van der Waals surface area contributed by atoms with Crippen molar-refractivity contribution in [2.45, 2.75) is 16.2 Å². The number of hydrogen-bond acceptors (Lipinski definition) is 5. The average Bonchev–Trinajstić information content (AvgIpc) is 2.67. The fourth-order valence-electron chi connectivity index (χ4n) is 1.13. The van der Waals surface area contributed by atoms with Gasteiger partial charge in [-0.15, -0.1) is 10.2 Å². The van der Waals surface area contributed by atoms with Gasteiger partial charge in [0.05, 0.1) is 4.90 Å². The molecule has 1 aromatic heterocycles. The molecule has 1 heterocycles. The zero-order valence-electron chi connectivity index (χ0n) is 8.31. The molecule has 2 aromatic rings. The summed E-state index contributed by atoms with van der Waals surface area (Å²) in [5.41, 5.74) is 0.331. The molecule has 82 valence electrons. The highest BCUT2D eigenvalue weighted by atomic mass is 32.2. The van der Waals surface area contributed by atoms with Crippen LogP contribution in [0.4, 0.5) is 4.39 Å². The standard InChI is InChI=1S/C10H7FN2OS2/c1-6-12-13-10(15-6)16-9-7(5-14)3-2-4-8(9)11/h2-5H,1H3. The molecule has 0 spiro atoms. The maximum atomic E-state index is 13.5.